The molecule has 7 heteroatoms. The Morgan fingerprint density at radius 1 is 1.07 bits per heavy atom. The summed E-state index contributed by atoms with van der Waals surface area (Å²) in [6.07, 6.45) is 2.09. The number of aryl methyl sites for hydroxylation is 1. The fraction of sp³-hybridized carbons (Fsp3) is 0.364. The Hall–Kier alpha value is -2.80. The van der Waals surface area contributed by atoms with Gasteiger partial charge in [0.25, 0.3) is 5.91 Å². The van der Waals surface area contributed by atoms with Crippen molar-refractivity contribution >= 4 is 27.5 Å². The van der Waals surface area contributed by atoms with Crippen LogP contribution in [0.5, 0.6) is 17.2 Å². The van der Waals surface area contributed by atoms with Crippen LogP contribution in [0.3, 0.4) is 0 Å². The highest BCUT2D eigenvalue weighted by Gasteiger charge is 2.13. The van der Waals surface area contributed by atoms with Gasteiger partial charge in [0.2, 0.25) is 0 Å². The van der Waals surface area contributed by atoms with Gasteiger partial charge in [-0.2, -0.15) is 4.99 Å². The number of ether oxygens (including phenoxy) is 3. The minimum Gasteiger partial charge on any atom is -0.494 e. The molecule has 0 fully saturated rings. The number of benzene rings is 2. The third-order valence-corrected chi connectivity index (χ3v) is 5.61. The van der Waals surface area contributed by atoms with Crippen LogP contribution in [0, 0.1) is 0 Å². The summed E-state index contributed by atoms with van der Waals surface area (Å²) in [6.45, 7) is 5.51. The van der Waals surface area contributed by atoms with Crippen molar-refractivity contribution in [3.8, 4) is 17.2 Å². The van der Waals surface area contributed by atoms with Crippen LogP contribution >= 0.6 is 11.3 Å². The number of unbranched alkanes of at least 4 members (excludes halogenated alkanes) is 1. The highest BCUT2D eigenvalue weighted by atomic mass is 32.1. The number of thiazole rings is 1. The van der Waals surface area contributed by atoms with Crippen LogP contribution in [0.1, 0.15) is 37.0 Å². The van der Waals surface area contributed by atoms with Gasteiger partial charge in [0.15, 0.2) is 16.3 Å². The summed E-state index contributed by atoms with van der Waals surface area (Å²) < 4.78 is 19.4. The molecule has 1 heterocycles. The van der Waals surface area contributed by atoms with Gasteiger partial charge in [-0.1, -0.05) is 24.7 Å². The number of hydrogen-bond donors (Lipinski definition) is 0. The minimum atomic E-state index is -0.280. The van der Waals surface area contributed by atoms with E-state index in [0.717, 1.165) is 28.8 Å². The third kappa shape index (κ3) is 4.62. The van der Waals surface area contributed by atoms with Crippen LogP contribution in [0.4, 0.5) is 0 Å². The first-order valence-corrected chi connectivity index (χ1v) is 10.5. The molecule has 0 bridgehead atoms. The largest absolute Gasteiger partial charge is 0.494 e. The average Bonchev–Trinajstić information content (AvgIpc) is 3.08. The van der Waals surface area contributed by atoms with E-state index in [0.29, 0.717) is 35.0 Å². The minimum absolute atomic E-state index is 0.280. The Balaban J connectivity index is 1.93. The van der Waals surface area contributed by atoms with E-state index in [4.69, 9.17) is 14.2 Å². The second-order valence-corrected chi connectivity index (χ2v) is 7.46. The molecule has 3 rings (SSSR count). The van der Waals surface area contributed by atoms with E-state index < -0.39 is 0 Å². The summed E-state index contributed by atoms with van der Waals surface area (Å²) in [4.78, 5) is 17.7. The van der Waals surface area contributed by atoms with E-state index in [2.05, 4.69) is 11.9 Å². The number of rotatable bonds is 8. The zero-order chi connectivity index (χ0) is 20.8. The molecular weight excluding hydrogens is 388 g/mol. The van der Waals surface area contributed by atoms with Crippen LogP contribution in [-0.4, -0.2) is 31.3 Å². The normalized spacial score (nSPS) is 11.7. The molecule has 0 aliphatic carbocycles. The Bertz CT molecular complexity index is 1050. The Morgan fingerprint density at radius 2 is 1.76 bits per heavy atom. The third-order valence-electron chi connectivity index (χ3n) is 4.57. The van der Waals surface area contributed by atoms with Crippen LogP contribution in [0.2, 0.25) is 0 Å². The van der Waals surface area contributed by atoms with Crippen LogP contribution in [0.15, 0.2) is 41.4 Å². The zero-order valence-corrected chi connectivity index (χ0v) is 18.0. The lowest BCUT2D eigenvalue weighted by molar-refractivity contribution is 0.0998. The SMILES string of the molecule is CCCCOc1ccc(C(=O)N=c2sc3cc(OC)c(OC)cc3n2CC)cc1. The maximum absolute atomic E-state index is 12.7. The van der Waals surface area contributed by atoms with E-state index in [-0.39, 0.29) is 5.91 Å². The molecule has 0 spiro atoms. The average molecular weight is 415 g/mol. The lowest BCUT2D eigenvalue weighted by atomic mass is 10.2. The molecule has 0 aliphatic rings. The van der Waals surface area contributed by atoms with Gasteiger partial charge in [0, 0.05) is 24.2 Å². The van der Waals surface area contributed by atoms with Crippen molar-refractivity contribution in [1.82, 2.24) is 4.57 Å². The van der Waals surface area contributed by atoms with Crippen molar-refractivity contribution in [2.24, 2.45) is 4.99 Å². The lowest BCUT2D eigenvalue weighted by Gasteiger charge is -2.08. The summed E-state index contributed by atoms with van der Waals surface area (Å²) in [7, 11) is 3.21. The number of nitrogens with zero attached hydrogens (tertiary/aromatic N) is 2. The lowest BCUT2D eigenvalue weighted by Crippen LogP contribution is -2.15. The smallest absolute Gasteiger partial charge is 0.279 e. The van der Waals surface area contributed by atoms with Crippen molar-refractivity contribution < 1.29 is 19.0 Å². The van der Waals surface area contributed by atoms with Crippen molar-refractivity contribution in [3.05, 3.63) is 46.8 Å². The van der Waals surface area contributed by atoms with Gasteiger partial charge >= 0.3 is 0 Å². The molecule has 0 saturated heterocycles. The van der Waals surface area contributed by atoms with Gasteiger partial charge in [-0.3, -0.25) is 4.79 Å². The fourth-order valence-electron chi connectivity index (χ4n) is 2.97. The Morgan fingerprint density at radius 3 is 2.38 bits per heavy atom. The molecule has 0 N–H and O–H groups in total. The second-order valence-electron chi connectivity index (χ2n) is 6.45. The molecule has 0 atom stereocenters. The molecule has 0 saturated carbocycles. The summed E-state index contributed by atoms with van der Waals surface area (Å²) in [6, 6.07) is 11.0. The number of hydrogen-bond acceptors (Lipinski definition) is 5. The number of aromatic nitrogens is 1. The van der Waals surface area contributed by atoms with E-state index in [1.54, 1.807) is 26.4 Å². The van der Waals surface area contributed by atoms with Gasteiger partial charge in [-0.25, -0.2) is 0 Å². The molecule has 0 unspecified atom stereocenters. The number of fused-ring (bicyclic) bond motifs is 1. The van der Waals surface area contributed by atoms with E-state index in [1.807, 2.05) is 35.8 Å². The quantitative estimate of drug-likeness (QED) is 0.503. The molecule has 1 aromatic heterocycles. The van der Waals surface area contributed by atoms with Gasteiger partial charge < -0.3 is 18.8 Å². The standard InChI is InChI=1S/C22H26N2O4S/c1-5-7-12-28-16-10-8-15(9-11-16)21(25)23-22-24(6-2)17-13-18(26-3)19(27-4)14-20(17)29-22/h8-11,13-14H,5-7,12H2,1-4H3. The highest BCUT2D eigenvalue weighted by molar-refractivity contribution is 7.16. The maximum atomic E-state index is 12.7. The first-order chi connectivity index (χ1) is 14.1. The maximum Gasteiger partial charge on any atom is 0.279 e. The number of carbonyl (C=O) groups excluding carboxylic acids is 1. The number of amides is 1. The summed E-state index contributed by atoms with van der Waals surface area (Å²) in [5.74, 6) is 1.79. The fourth-order valence-corrected chi connectivity index (χ4v) is 4.07. The van der Waals surface area contributed by atoms with E-state index >= 15 is 0 Å². The summed E-state index contributed by atoms with van der Waals surface area (Å²) in [5, 5.41) is 0. The van der Waals surface area contributed by atoms with E-state index in [9.17, 15) is 4.79 Å². The molecule has 0 aliphatic heterocycles. The van der Waals surface area contributed by atoms with Gasteiger partial charge in [-0.05, 0) is 37.6 Å². The molecule has 6 nitrogen and oxygen atoms in total. The molecule has 0 radical (unpaired) electrons. The zero-order valence-electron chi connectivity index (χ0n) is 17.2. The monoisotopic (exact) mass is 414 g/mol. The van der Waals surface area contributed by atoms with Crippen molar-refractivity contribution in [2.45, 2.75) is 33.2 Å². The highest BCUT2D eigenvalue weighted by Crippen LogP contribution is 2.33. The molecular formula is C22H26N2O4S. The van der Waals surface area contributed by atoms with Crippen molar-refractivity contribution in [1.29, 1.82) is 0 Å². The first kappa shape index (κ1) is 20.9. The molecule has 3 aromatic rings. The molecule has 29 heavy (non-hydrogen) atoms. The Labute approximate surface area is 174 Å². The van der Waals surface area contributed by atoms with Crippen LogP contribution < -0.4 is 19.0 Å². The van der Waals surface area contributed by atoms with Crippen molar-refractivity contribution in [2.75, 3.05) is 20.8 Å². The van der Waals surface area contributed by atoms with Crippen LogP contribution in [0.25, 0.3) is 10.2 Å². The van der Waals surface area contributed by atoms with E-state index in [1.165, 1.54) is 11.3 Å². The number of carbonyl (C=O) groups is 1. The second kappa shape index (κ2) is 9.60. The number of methoxy groups -OCH3 is 2. The molecule has 1 amide bonds. The van der Waals surface area contributed by atoms with Gasteiger partial charge in [0.05, 0.1) is 31.0 Å². The first-order valence-electron chi connectivity index (χ1n) is 9.68. The predicted octanol–water partition coefficient (Wildman–Crippen LogP) is 4.66. The molecule has 2 aromatic carbocycles. The Kier molecular flexibility index (Phi) is 6.93. The van der Waals surface area contributed by atoms with Crippen molar-refractivity contribution in [3.63, 3.8) is 0 Å². The molecule has 154 valence electrons. The topological polar surface area (TPSA) is 62.1 Å². The predicted molar refractivity (Wildman–Crippen MR) is 115 cm³/mol. The van der Waals surface area contributed by atoms with Gasteiger partial charge in [0.1, 0.15) is 5.75 Å². The van der Waals surface area contributed by atoms with Gasteiger partial charge in [-0.15, -0.1) is 0 Å². The van der Waals surface area contributed by atoms with Crippen LogP contribution in [-0.2, 0) is 6.54 Å². The summed E-state index contributed by atoms with van der Waals surface area (Å²) in [5.41, 5.74) is 1.49. The summed E-state index contributed by atoms with van der Waals surface area (Å²) >= 11 is 1.45.